The largest absolute Gasteiger partial charge is 0.508 e. The van der Waals surface area contributed by atoms with Crippen LogP contribution in [0.1, 0.15) is 19.5 Å². The molecule has 0 radical (unpaired) electrons. The predicted molar refractivity (Wildman–Crippen MR) is 123 cm³/mol. The van der Waals surface area contributed by atoms with Crippen molar-refractivity contribution in [3.63, 3.8) is 0 Å². The maximum absolute atomic E-state index is 13.9. The van der Waals surface area contributed by atoms with Gasteiger partial charge in [-0.2, -0.15) is 0 Å². The monoisotopic (exact) mass is 471 g/mol. The van der Waals surface area contributed by atoms with E-state index in [1.165, 1.54) is 31.5 Å². The number of carbonyl (C=O) groups excluding carboxylic acids is 1. The molecular formula is C23H25N3O6S. The van der Waals surface area contributed by atoms with Gasteiger partial charge in [-0.25, -0.2) is 23.2 Å². The van der Waals surface area contributed by atoms with E-state index >= 15 is 0 Å². The lowest BCUT2D eigenvalue weighted by atomic mass is 10.1. The number of aromatic nitrogens is 2. The number of sulfonamides is 1. The second-order valence-electron chi connectivity index (χ2n) is 7.63. The Morgan fingerprint density at radius 3 is 2.42 bits per heavy atom. The maximum Gasteiger partial charge on any atom is 0.430 e. The van der Waals surface area contributed by atoms with E-state index in [0.29, 0.717) is 21.1 Å². The Hall–Kier alpha value is -3.66. The molecule has 0 atom stereocenters. The molecule has 10 heteroatoms. The number of anilines is 1. The van der Waals surface area contributed by atoms with Crippen LogP contribution < -0.4 is 9.04 Å². The zero-order valence-electron chi connectivity index (χ0n) is 18.7. The molecule has 0 aliphatic rings. The molecule has 1 heterocycles. The highest BCUT2D eigenvalue weighted by atomic mass is 32.2. The molecule has 0 aliphatic carbocycles. The number of phenolic OH excluding ortho intramolecular Hbond substituents is 1. The summed E-state index contributed by atoms with van der Waals surface area (Å²) in [7, 11) is -3.21. The van der Waals surface area contributed by atoms with Crippen molar-refractivity contribution >= 4 is 21.9 Å². The predicted octanol–water partition coefficient (Wildman–Crippen LogP) is 4.15. The van der Waals surface area contributed by atoms with Gasteiger partial charge in [0, 0.05) is 5.56 Å². The number of methoxy groups -OCH3 is 1. The Kier molecular flexibility index (Phi) is 7.17. The normalized spacial score (nSPS) is 11.3. The smallest absolute Gasteiger partial charge is 0.430 e. The number of rotatable bonds is 7. The Labute approximate surface area is 192 Å². The van der Waals surface area contributed by atoms with Crippen LogP contribution in [0.3, 0.4) is 0 Å². The minimum Gasteiger partial charge on any atom is -0.508 e. The first-order chi connectivity index (χ1) is 15.6. The van der Waals surface area contributed by atoms with E-state index in [1.54, 1.807) is 37.3 Å². The van der Waals surface area contributed by atoms with E-state index in [9.17, 15) is 18.3 Å². The number of ether oxygens (including phenoxy) is 2. The second kappa shape index (κ2) is 9.86. The van der Waals surface area contributed by atoms with Gasteiger partial charge in [-0.15, -0.1) is 4.31 Å². The van der Waals surface area contributed by atoms with Gasteiger partial charge in [0.15, 0.2) is 0 Å². The quantitative estimate of drug-likeness (QED) is 0.546. The molecule has 0 spiro atoms. The molecule has 1 amide bonds. The lowest BCUT2D eigenvalue weighted by Crippen LogP contribution is -2.39. The summed E-state index contributed by atoms with van der Waals surface area (Å²) in [4.78, 5) is 21.2. The van der Waals surface area contributed by atoms with Gasteiger partial charge in [0.1, 0.15) is 5.75 Å². The Morgan fingerprint density at radius 2 is 1.79 bits per heavy atom. The standard InChI is InChI=1S/C23H25N3O6S/c1-15(2)14-32-23(28)26(21-22(31-4)25-16(3)13-24-21)33(29,30)20-8-6-5-7-19(20)17-9-11-18(27)12-10-17/h5-13,15,27H,14H2,1-4H3. The number of phenols is 1. The third-order valence-corrected chi connectivity index (χ3v) is 6.23. The third-order valence-electron chi connectivity index (χ3n) is 4.52. The van der Waals surface area contributed by atoms with Crippen molar-refractivity contribution in [3.05, 3.63) is 60.4 Å². The highest BCUT2D eigenvalue weighted by Crippen LogP contribution is 2.35. The Morgan fingerprint density at radius 1 is 1.12 bits per heavy atom. The summed E-state index contributed by atoms with van der Waals surface area (Å²) in [6, 6.07) is 12.3. The molecule has 0 fully saturated rings. The second-order valence-corrected chi connectivity index (χ2v) is 9.38. The minimum atomic E-state index is -4.52. The summed E-state index contributed by atoms with van der Waals surface area (Å²) in [5.74, 6) is -0.425. The molecular weight excluding hydrogens is 446 g/mol. The molecule has 1 aromatic heterocycles. The number of hydrogen-bond acceptors (Lipinski definition) is 8. The van der Waals surface area contributed by atoms with Crippen LogP contribution in [0, 0.1) is 12.8 Å². The van der Waals surface area contributed by atoms with E-state index in [-0.39, 0.29) is 34.9 Å². The summed E-state index contributed by atoms with van der Waals surface area (Å²) in [5, 5.41) is 9.61. The van der Waals surface area contributed by atoms with Crippen LogP contribution in [0.25, 0.3) is 11.1 Å². The lowest BCUT2D eigenvalue weighted by molar-refractivity contribution is 0.143. The number of nitrogens with zero attached hydrogens (tertiary/aromatic N) is 3. The number of benzene rings is 2. The van der Waals surface area contributed by atoms with Gasteiger partial charge < -0.3 is 14.6 Å². The molecule has 3 aromatic rings. The first kappa shape index (κ1) is 24.0. The molecule has 0 aliphatic heterocycles. The maximum atomic E-state index is 13.9. The Bertz CT molecular complexity index is 1240. The molecule has 3 rings (SSSR count). The lowest BCUT2D eigenvalue weighted by Gasteiger charge is -2.23. The number of carbonyl (C=O) groups is 1. The van der Waals surface area contributed by atoms with E-state index in [1.807, 2.05) is 13.8 Å². The van der Waals surface area contributed by atoms with E-state index in [4.69, 9.17) is 9.47 Å². The highest BCUT2D eigenvalue weighted by molar-refractivity contribution is 7.93. The van der Waals surface area contributed by atoms with Crippen LogP contribution in [0.4, 0.5) is 10.6 Å². The van der Waals surface area contributed by atoms with E-state index in [0.717, 1.165) is 0 Å². The van der Waals surface area contributed by atoms with Crippen LogP contribution in [0.15, 0.2) is 59.6 Å². The zero-order chi connectivity index (χ0) is 24.2. The van der Waals surface area contributed by atoms with Crippen molar-refractivity contribution in [2.24, 2.45) is 5.92 Å². The average molecular weight is 472 g/mol. The van der Waals surface area contributed by atoms with Gasteiger partial charge in [-0.3, -0.25) is 0 Å². The Balaban J connectivity index is 2.21. The van der Waals surface area contributed by atoms with Gasteiger partial charge >= 0.3 is 6.09 Å². The summed E-state index contributed by atoms with van der Waals surface area (Å²) in [5.41, 5.74) is 1.34. The van der Waals surface area contributed by atoms with Crippen molar-refractivity contribution in [2.45, 2.75) is 25.7 Å². The number of hydrogen-bond donors (Lipinski definition) is 1. The SMILES string of the molecule is COc1nc(C)cnc1N(C(=O)OCC(C)C)S(=O)(=O)c1ccccc1-c1ccc(O)cc1. The van der Waals surface area contributed by atoms with Gasteiger partial charge in [-0.05, 0) is 36.6 Å². The molecule has 9 nitrogen and oxygen atoms in total. The average Bonchev–Trinajstić information content (AvgIpc) is 2.79. The van der Waals surface area contributed by atoms with E-state index in [2.05, 4.69) is 9.97 Å². The summed E-state index contributed by atoms with van der Waals surface area (Å²) in [6.45, 7) is 5.33. The third kappa shape index (κ3) is 5.23. The summed E-state index contributed by atoms with van der Waals surface area (Å²) >= 11 is 0. The fourth-order valence-electron chi connectivity index (χ4n) is 2.99. The van der Waals surface area contributed by atoms with Crippen molar-refractivity contribution < 1.29 is 27.8 Å². The molecule has 33 heavy (non-hydrogen) atoms. The van der Waals surface area contributed by atoms with Crippen LogP contribution in [-0.4, -0.2) is 43.3 Å². The van der Waals surface area contributed by atoms with Crippen LogP contribution in [0.5, 0.6) is 11.6 Å². The van der Waals surface area contributed by atoms with Gasteiger partial charge in [-0.1, -0.05) is 44.2 Å². The van der Waals surface area contributed by atoms with E-state index < -0.39 is 16.1 Å². The first-order valence-electron chi connectivity index (χ1n) is 10.1. The fourth-order valence-corrected chi connectivity index (χ4v) is 4.50. The number of aryl methyl sites for hydroxylation is 1. The molecule has 174 valence electrons. The molecule has 0 saturated carbocycles. The fraction of sp³-hybridized carbons (Fsp3) is 0.261. The van der Waals surface area contributed by atoms with Crippen molar-refractivity contribution in [1.29, 1.82) is 0 Å². The van der Waals surface area contributed by atoms with Crippen LogP contribution >= 0.6 is 0 Å². The summed E-state index contributed by atoms with van der Waals surface area (Å²) in [6.07, 6.45) is 0.211. The first-order valence-corrected chi connectivity index (χ1v) is 11.6. The zero-order valence-corrected chi connectivity index (χ0v) is 19.5. The molecule has 1 N–H and O–H groups in total. The highest BCUT2D eigenvalue weighted by Gasteiger charge is 2.38. The number of amides is 1. The van der Waals surface area contributed by atoms with Crippen molar-refractivity contribution in [2.75, 3.05) is 18.0 Å². The summed E-state index contributed by atoms with van der Waals surface area (Å²) < 4.78 is 38.7. The topological polar surface area (TPSA) is 119 Å². The number of aromatic hydroxyl groups is 1. The molecule has 0 unspecified atom stereocenters. The minimum absolute atomic E-state index is 0.00602. The van der Waals surface area contributed by atoms with Gasteiger partial charge in [0.25, 0.3) is 15.9 Å². The van der Waals surface area contributed by atoms with Gasteiger partial charge in [0.05, 0.1) is 30.5 Å². The van der Waals surface area contributed by atoms with Crippen LogP contribution in [0.2, 0.25) is 0 Å². The van der Waals surface area contributed by atoms with Crippen LogP contribution in [-0.2, 0) is 14.8 Å². The van der Waals surface area contributed by atoms with Gasteiger partial charge in [0.2, 0.25) is 5.82 Å². The van der Waals surface area contributed by atoms with Crippen molar-refractivity contribution in [3.8, 4) is 22.8 Å². The molecule has 2 aromatic carbocycles. The molecule has 0 bridgehead atoms. The molecule has 0 saturated heterocycles. The van der Waals surface area contributed by atoms with Crippen molar-refractivity contribution in [1.82, 2.24) is 9.97 Å².